The molecular formula is C12H27NO3. The van der Waals surface area contributed by atoms with E-state index in [-0.39, 0.29) is 18.8 Å². The minimum atomic E-state index is 0.115. The highest BCUT2D eigenvalue weighted by Crippen LogP contribution is 1.98. The Morgan fingerprint density at radius 2 is 2.00 bits per heavy atom. The van der Waals surface area contributed by atoms with Crippen LogP contribution >= 0.6 is 0 Å². The van der Waals surface area contributed by atoms with Gasteiger partial charge in [-0.05, 0) is 33.2 Å². The van der Waals surface area contributed by atoms with Gasteiger partial charge < -0.3 is 19.9 Å². The maximum atomic E-state index is 8.92. The smallest absolute Gasteiger partial charge is 0.0781 e. The first-order chi connectivity index (χ1) is 7.74. The van der Waals surface area contributed by atoms with Crippen LogP contribution in [-0.2, 0) is 9.47 Å². The Kier molecular flexibility index (Phi) is 11.2. The van der Waals surface area contributed by atoms with E-state index in [4.69, 9.17) is 14.6 Å². The Morgan fingerprint density at radius 1 is 1.25 bits per heavy atom. The number of hydrogen-bond donors (Lipinski definition) is 2. The Bertz CT molecular complexity index is 144. The Morgan fingerprint density at radius 3 is 2.56 bits per heavy atom. The summed E-state index contributed by atoms with van der Waals surface area (Å²) >= 11 is 0. The molecule has 98 valence electrons. The first kappa shape index (κ1) is 15.8. The van der Waals surface area contributed by atoms with Crippen molar-refractivity contribution in [2.75, 3.05) is 33.0 Å². The standard InChI is InChI=1S/C12H27NO3/c1-4-7-13-12(6-8-14)10-16-11(3)9-15-5-2/h11-14H,4-10H2,1-3H3. The number of ether oxygens (including phenoxy) is 2. The van der Waals surface area contributed by atoms with Gasteiger partial charge in [0.25, 0.3) is 0 Å². The van der Waals surface area contributed by atoms with E-state index in [0.29, 0.717) is 13.2 Å². The van der Waals surface area contributed by atoms with Gasteiger partial charge in [0.2, 0.25) is 0 Å². The Balaban J connectivity index is 3.63. The minimum absolute atomic E-state index is 0.115. The lowest BCUT2D eigenvalue weighted by atomic mass is 10.2. The summed E-state index contributed by atoms with van der Waals surface area (Å²) in [6.45, 7) is 9.27. The molecule has 0 aliphatic rings. The topological polar surface area (TPSA) is 50.7 Å². The fourth-order valence-corrected chi connectivity index (χ4v) is 1.36. The highest BCUT2D eigenvalue weighted by molar-refractivity contribution is 4.66. The van der Waals surface area contributed by atoms with Gasteiger partial charge in [-0.1, -0.05) is 6.92 Å². The van der Waals surface area contributed by atoms with Crippen molar-refractivity contribution in [3.63, 3.8) is 0 Å². The minimum Gasteiger partial charge on any atom is -0.396 e. The third-order valence-corrected chi connectivity index (χ3v) is 2.30. The summed E-state index contributed by atoms with van der Waals surface area (Å²) in [5.74, 6) is 0. The summed E-state index contributed by atoms with van der Waals surface area (Å²) in [5, 5.41) is 12.3. The van der Waals surface area contributed by atoms with E-state index in [9.17, 15) is 0 Å². The van der Waals surface area contributed by atoms with Crippen LogP contribution in [0, 0.1) is 0 Å². The number of rotatable bonds is 11. The van der Waals surface area contributed by atoms with Crippen molar-refractivity contribution in [3.8, 4) is 0 Å². The van der Waals surface area contributed by atoms with E-state index in [1.54, 1.807) is 0 Å². The molecule has 0 aromatic carbocycles. The predicted octanol–water partition coefficient (Wildman–Crippen LogP) is 1.18. The van der Waals surface area contributed by atoms with Crippen LogP contribution in [0.4, 0.5) is 0 Å². The molecule has 0 bridgehead atoms. The van der Waals surface area contributed by atoms with Gasteiger partial charge in [0, 0.05) is 19.3 Å². The lowest BCUT2D eigenvalue weighted by molar-refractivity contribution is -0.0133. The molecule has 2 atom stereocenters. The van der Waals surface area contributed by atoms with Gasteiger partial charge in [0.15, 0.2) is 0 Å². The lowest BCUT2D eigenvalue weighted by Crippen LogP contribution is -2.36. The zero-order valence-corrected chi connectivity index (χ0v) is 10.9. The van der Waals surface area contributed by atoms with Gasteiger partial charge >= 0.3 is 0 Å². The zero-order chi connectivity index (χ0) is 12.2. The van der Waals surface area contributed by atoms with E-state index in [1.165, 1.54) is 0 Å². The van der Waals surface area contributed by atoms with E-state index in [2.05, 4.69) is 12.2 Å². The average molecular weight is 233 g/mol. The van der Waals surface area contributed by atoms with Crippen LogP contribution in [0.2, 0.25) is 0 Å². The van der Waals surface area contributed by atoms with E-state index in [1.807, 2.05) is 13.8 Å². The van der Waals surface area contributed by atoms with Crippen molar-refractivity contribution < 1.29 is 14.6 Å². The predicted molar refractivity (Wildman–Crippen MR) is 65.7 cm³/mol. The maximum absolute atomic E-state index is 8.92. The van der Waals surface area contributed by atoms with Crippen LogP contribution in [0.5, 0.6) is 0 Å². The van der Waals surface area contributed by atoms with Crippen molar-refractivity contribution >= 4 is 0 Å². The zero-order valence-electron chi connectivity index (χ0n) is 10.9. The molecule has 0 radical (unpaired) electrons. The molecule has 0 aliphatic heterocycles. The van der Waals surface area contributed by atoms with Crippen molar-refractivity contribution in [1.82, 2.24) is 5.32 Å². The molecule has 16 heavy (non-hydrogen) atoms. The van der Waals surface area contributed by atoms with E-state index < -0.39 is 0 Å². The molecule has 0 fully saturated rings. The SMILES string of the molecule is CCCNC(CCO)COC(C)COCC. The molecule has 0 rings (SSSR count). The third kappa shape index (κ3) is 9.09. The molecule has 0 aliphatic carbocycles. The molecule has 4 nitrogen and oxygen atoms in total. The summed E-state index contributed by atoms with van der Waals surface area (Å²) in [6.07, 6.45) is 1.95. The normalized spacial score (nSPS) is 15.0. The van der Waals surface area contributed by atoms with Gasteiger partial charge in [0.1, 0.15) is 0 Å². The number of aliphatic hydroxyl groups excluding tert-OH is 1. The Hall–Kier alpha value is -0.160. The molecule has 0 heterocycles. The highest BCUT2D eigenvalue weighted by Gasteiger charge is 2.09. The summed E-state index contributed by atoms with van der Waals surface area (Å²) in [5.41, 5.74) is 0. The third-order valence-electron chi connectivity index (χ3n) is 2.30. The van der Waals surface area contributed by atoms with E-state index in [0.717, 1.165) is 26.0 Å². The number of nitrogens with one attached hydrogen (secondary N) is 1. The monoisotopic (exact) mass is 233 g/mol. The van der Waals surface area contributed by atoms with Crippen molar-refractivity contribution in [1.29, 1.82) is 0 Å². The first-order valence-electron chi connectivity index (χ1n) is 6.28. The van der Waals surface area contributed by atoms with Crippen molar-refractivity contribution in [2.24, 2.45) is 0 Å². The molecule has 2 unspecified atom stereocenters. The molecule has 0 aromatic heterocycles. The molecule has 2 N–H and O–H groups in total. The van der Waals surface area contributed by atoms with Gasteiger partial charge in [0.05, 0.1) is 19.3 Å². The van der Waals surface area contributed by atoms with Gasteiger partial charge in [-0.25, -0.2) is 0 Å². The highest BCUT2D eigenvalue weighted by atomic mass is 16.5. The summed E-state index contributed by atoms with van der Waals surface area (Å²) < 4.78 is 10.9. The molecule has 0 spiro atoms. The van der Waals surface area contributed by atoms with Crippen LogP contribution in [0.25, 0.3) is 0 Å². The van der Waals surface area contributed by atoms with Crippen LogP contribution < -0.4 is 5.32 Å². The largest absolute Gasteiger partial charge is 0.396 e. The fourth-order valence-electron chi connectivity index (χ4n) is 1.36. The quantitative estimate of drug-likeness (QED) is 0.562. The second-order valence-corrected chi connectivity index (χ2v) is 3.97. The number of aliphatic hydroxyl groups is 1. The summed E-state index contributed by atoms with van der Waals surface area (Å²) in [4.78, 5) is 0. The summed E-state index contributed by atoms with van der Waals surface area (Å²) in [7, 11) is 0. The fraction of sp³-hybridized carbons (Fsp3) is 1.00. The Labute approximate surface area is 99.3 Å². The lowest BCUT2D eigenvalue weighted by Gasteiger charge is -2.20. The van der Waals surface area contributed by atoms with E-state index >= 15 is 0 Å². The van der Waals surface area contributed by atoms with Crippen LogP contribution in [0.3, 0.4) is 0 Å². The van der Waals surface area contributed by atoms with Crippen LogP contribution in [-0.4, -0.2) is 50.2 Å². The second kappa shape index (κ2) is 11.3. The van der Waals surface area contributed by atoms with Crippen molar-refractivity contribution in [3.05, 3.63) is 0 Å². The van der Waals surface area contributed by atoms with Crippen LogP contribution in [0.1, 0.15) is 33.6 Å². The average Bonchev–Trinajstić information content (AvgIpc) is 2.30. The molecule has 0 aromatic rings. The molecule has 0 saturated heterocycles. The molecule has 0 amide bonds. The van der Waals surface area contributed by atoms with Crippen molar-refractivity contribution in [2.45, 2.75) is 45.8 Å². The summed E-state index contributed by atoms with van der Waals surface area (Å²) in [6, 6.07) is 0.244. The molecular weight excluding hydrogens is 206 g/mol. The van der Waals surface area contributed by atoms with Gasteiger partial charge in [-0.3, -0.25) is 0 Å². The number of hydrogen-bond acceptors (Lipinski definition) is 4. The first-order valence-corrected chi connectivity index (χ1v) is 6.28. The maximum Gasteiger partial charge on any atom is 0.0781 e. The molecule has 4 heteroatoms. The van der Waals surface area contributed by atoms with Crippen LogP contribution in [0.15, 0.2) is 0 Å². The van der Waals surface area contributed by atoms with Gasteiger partial charge in [-0.2, -0.15) is 0 Å². The van der Waals surface area contributed by atoms with Gasteiger partial charge in [-0.15, -0.1) is 0 Å². The second-order valence-electron chi connectivity index (χ2n) is 3.97. The molecule has 0 saturated carbocycles.